The van der Waals surface area contributed by atoms with E-state index >= 15 is 28.8 Å². The maximum absolute atomic E-state index is 15.8. The average Bonchev–Trinajstić information content (AvgIpc) is 0.816. The Bertz CT molecular complexity index is 2600. The molecule has 23 nitrogen and oxygen atoms in total. The lowest BCUT2D eigenvalue weighted by molar-refractivity contribution is -0.157. The van der Waals surface area contributed by atoms with Crippen molar-refractivity contribution in [2.75, 3.05) is 49.3 Å². The molecule has 0 aromatic rings. The molecule has 1 aliphatic heterocycles. The van der Waals surface area contributed by atoms with E-state index in [1.807, 2.05) is 81.4 Å². The summed E-state index contributed by atoms with van der Waals surface area (Å²) < 4.78 is 7.29. The topological polar surface area (TPSA) is 268 Å². The minimum Gasteiger partial charge on any atom is -0.411 e. The molecule has 0 aliphatic carbocycles. The van der Waals surface area contributed by atoms with Crippen molar-refractivity contribution in [2.45, 2.75) is 281 Å². The molecule has 540 valence electrons. The summed E-state index contributed by atoms with van der Waals surface area (Å²) in [5.41, 5.74) is 0. The van der Waals surface area contributed by atoms with E-state index in [1.165, 1.54) is 97.5 Å². The molecule has 11 amide bonds. The molecule has 94 heavy (non-hydrogen) atoms. The van der Waals surface area contributed by atoms with Gasteiger partial charge in [-0.1, -0.05) is 137 Å². The molecular weight excluding hydrogens is 1210 g/mol. The molecule has 4 N–H and O–H groups in total. The lowest BCUT2D eigenvalue weighted by Crippen LogP contribution is -2.65. The van der Waals surface area contributed by atoms with E-state index in [2.05, 4.69) is 55.1 Å². The molecule has 1 aliphatic rings. The summed E-state index contributed by atoms with van der Waals surface area (Å²) in [7, 11) is 7.56. The quantitative estimate of drug-likeness (QED) is 0.0793. The zero-order valence-electron chi connectivity index (χ0n) is 63.6. The van der Waals surface area contributed by atoms with Crippen molar-refractivity contribution in [3.63, 3.8) is 0 Å². The summed E-state index contributed by atoms with van der Waals surface area (Å²) in [5.74, 6) is -8.95. The van der Waals surface area contributed by atoms with Crippen LogP contribution in [0.3, 0.4) is 0 Å². The van der Waals surface area contributed by atoms with Gasteiger partial charge in [-0.3, -0.25) is 52.7 Å². The van der Waals surface area contributed by atoms with E-state index in [0.29, 0.717) is 6.42 Å². The van der Waals surface area contributed by atoms with Gasteiger partial charge in [0, 0.05) is 49.3 Å². The van der Waals surface area contributed by atoms with Gasteiger partial charge in [0.15, 0.2) is 8.32 Å². The number of carbonyl (C=O) groups is 11. The lowest BCUT2D eigenvalue weighted by Gasteiger charge is -2.46. The van der Waals surface area contributed by atoms with Crippen LogP contribution in [0.4, 0.5) is 0 Å². The van der Waals surface area contributed by atoms with E-state index in [0.717, 1.165) is 0 Å². The molecule has 24 heteroatoms. The molecule has 13 atom stereocenters. The number of hydrogen-bond donors (Lipinski definition) is 4. The van der Waals surface area contributed by atoms with E-state index in [-0.39, 0.29) is 67.2 Å². The van der Waals surface area contributed by atoms with Gasteiger partial charge >= 0.3 is 0 Å². The smallest absolute Gasteiger partial charge is 0.246 e. The van der Waals surface area contributed by atoms with Gasteiger partial charge in [-0.25, -0.2) is 0 Å². The minimum atomic E-state index is -2.82. The first kappa shape index (κ1) is 86.1. The Labute approximate surface area is 567 Å². The number of nitrogens with zero attached hydrogens (tertiary/aromatic N) is 7. The van der Waals surface area contributed by atoms with Gasteiger partial charge in [0.1, 0.15) is 66.5 Å². The number of rotatable bonds is 18. The fourth-order valence-corrected chi connectivity index (χ4v) is 13.3. The molecule has 0 aromatic carbocycles. The van der Waals surface area contributed by atoms with E-state index in [1.54, 1.807) is 41.5 Å². The summed E-state index contributed by atoms with van der Waals surface area (Å²) >= 11 is 0. The third kappa shape index (κ3) is 23.1. The van der Waals surface area contributed by atoms with Crippen molar-refractivity contribution in [3.05, 3.63) is 12.2 Å². The van der Waals surface area contributed by atoms with Gasteiger partial charge in [0.05, 0.1) is 6.10 Å². The van der Waals surface area contributed by atoms with Crippen molar-refractivity contribution < 1.29 is 57.2 Å². The monoisotopic (exact) mass is 1340 g/mol. The Morgan fingerprint density at radius 3 is 1.23 bits per heavy atom. The largest absolute Gasteiger partial charge is 0.411 e. The normalized spacial score (nSPS) is 26.7. The SMILES string of the molecule is C/C=C/C[C@@H](C)[C@H](O[Si](C)(C)C(C)(C)C)[C@H]1C(=O)N[C@@H](CC)C(=O)N(C)[C@H](CC)C(=O)N(C)[C@@H](CC(C)C)C(=O)NC(C(C)C)C(=O)N(C)[C@@H](CC(C)C)C(=O)N[C@@H](C)C(=O)N[C@H](C)C(=O)N(C)[C@@H](CC(C)C)C(=O)N(C)[C@@H](CC(C)C)C(=O)N(C)[C@@H](C(C)C)C(=O)N1C. The molecule has 1 saturated heterocycles. The molecule has 1 rings (SSSR count). The highest BCUT2D eigenvalue weighted by atomic mass is 28.4. The third-order valence-electron chi connectivity index (χ3n) is 19.0. The van der Waals surface area contributed by atoms with Gasteiger partial charge in [-0.15, -0.1) is 0 Å². The van der Waals surface area contributed by atoms with Crippen LogP contribution >= 0.6 is 0 Å². The van der Waals surface area contributed by atoms with Gasteiger partial charge in [0.25, 0.3) is 0 Å². The van der Waals surface area contributed by atoms with Crippen LogP contribution < -0.4 is 21.3 Å². The van der Waals surface area contributed by atoms with Crippen LogP contribution in [-0.4, -0.2) is 229 Å². The second-order valence-corrected chi connectivity index (χ2v) is 35.3. The van der Waals surface area contributed by atoms with E-state index in [4.69, 9.17) is 4.43 Å². The number of amides is 11. The van der Waals surface area contributed by atoms with Gasteiger partial charge in [-0.05, 0) is 125 Å². The molecule has 0 saturated carbocycles. The first-order chi connectivity index (χ1) is 43.1. The maximum atomic E-state index is 15.8. The van der Waals surface area contributed by atoms with Crippen molar-refractivity contribution in [3.8, 4) is 0 Å². The fourth-order valence-electron chi connectivity index (χ4n) is 11.9. The van der Waals surface area contributed by atoms with Gasteiger partial charge in [0.2, 0.25) is 65.0 Å². The van der Waals surface area contributed by atoms with Gasteiger partial charge in [-0.2, -0.15) is 0 Å². The molecule has 0 radical (unpaired) electrons. The Morgan fingerprint density at radius 1 is 0.436 bits per heavy atom. The van der Waals surface area contributed by atoms with Crippen molar-refractivity contribution in [1.29, 1.82) is 0 Å². The second kappa shape index (κ2) is 37.6. The highest BCUT2D eigenvalue weighted by molar-refractivity contribution is 6.74. The molecular formula is C70H129N11O12Si. The summed E-state index contributed by atoms with van der Waals surface area (Å²) in [4.78, 5) is 174. The lowest BCUT2D eigenvalue weighted by atomic mass is 9.91. The molecule has 0 spiro atoms. The highest BCUT2D eigenvalue weighted by Crippen LogP contribution is 2.40. The summed E-state index contributed by atoms with van der Waals surface area (Å²) in [6.45, 7) is 42.7. The summed E-state index contributed by atoms with van der Waals surface area (Å²) in [6, 6.07) is -13.2. The van der Waals surface area contributed by atoms with Crippen LogP contribution in [0.15, 0.2) is 12.2 Å². The molecule has 0 bridgehead atoms. The third-order valence-corrected chi connectivity index (χ3v) is 23.4. The first-order valence-electron chi connectivity index (χ1n) is 34.5. The predicted octanol–water partition coefficient (Wildman–Crippen LogP) is 7.08. The van der Waals surface area contributed by atoms with E-state index < -0.39 is 164 Å². The number of nitrogens with one attached hydrogen (secondary N) is 4. The predicted molar refractivity (Wildman–Crippen MR) is 374 cm³/mol. The fraction of sp³-hybridized carbons (Fsp3) is 0.814. The zero-order valence-corrected chi connectivity index (χ0v) is 64.6. The molecule has 1 fully saturated rings. The Balaban J connectivity index is 4.65. The Hall–Kier alpha value is -5.91. The average molecular weight is 1340 g/mol. The van der Waals surface area contributed by atoms with Gasteiger partial charge < -0.3 is 60.0 Å². The number of hydrogen-bond acceptors (Lipinski definition) is 12. The van der Waals surface area contributed by atoms with Crippen LogP contribution in [0.2, 0.25) is 18.1 Å². The Kier molecular flexibility index (Phi) is 34.4. The summed E-state index contributed by atoms with van der Waals surface area (Å²) in [5, 5.41) is 11.0. The van der Waals surface area contributed by atoms with Crippen LogP contribution in [0.25, 0.3) is 0 Å². The molecule has 1 heterocycles. The van der Waals surface area contributed by atoms with Crippen molar-refractivity contribution >= 4 is 73.3 Å². The number of likely N-dealkylation sites (N-methyl/N-ethyl adjacent to an activating group) is 7. The van der Waals surface area contributed by atoms with Crippen molar-refractivity contribution in [1.82, 2.24) is 55.6 Å². The number of allylic oxidation sites excluding steroid dienone is 2. The van der Waals surface area contributed by atoms with Crippen LogP contribution in [-0.2, 0) is 57.2 Å². The van der Waals surface area contributed by atoms with Crippen molar-refractivity contribution in [2.24, 2.45) is 41.4 Å². The Morgan fingerprint density at radius 2 is 0.819 bits per heavy atom. The number of carbonyl (C=O) groups excluding carboxylic acids is 11. The maximum Gasteiger partial charge on any atom is 0.246 e. The molecule has 1 unspecified atom stereocenters. The second-order valence-electron chi connectivity index (χ2n) is 30.6. The highest BCUT2D eigenvalue weighted by Gasteiger charge is 2.50. The van der Waals surface area contributed by atoms with Crippen LogP contribution in [0, 0.1) is 41.4 Å². The summed E-state index contributed by atoms with van der Waals surface area (Å²) in [6.07, 6.45) is 4.15. The van der Waals surface area contributed by atoms with Crippen LogP contribution in [0.1, 0.15) is 190 Å². The zero-order chi connectivity index (χ0) is 73.3. The minimum absolute atomic E-state index is 0.0587. The van der Waals surface area contributed by atoms with E-state index in [9.17, 15) is 24.0 Å². The standard InChI is InChI=1S/C70H129N11O12Si/c1-31-34-35-46(16)58(93-94(29,30)70(19,20)21)57-62(85)73-49(32-2)64(87)75(22)50(33-3)65(88)76(23)52(37-41(6)7)61(84)74-55(44(12)13)68(91)77(24)51(36-40(4)5)60(83)71-47(17)59(82)72-48(18)63(86)78(25)53(38-42(8)9)66(89)79(26)54(39-43(10)11)67(90)80(27)56(45(14)15)69(92)81(57)28/h31,34,40-58H,32-33,35-39H2,1-30H3,(H,71,83)(H,72,82)(H,73,85)(H,74,84)/b34-31+/t46-,47+,48-,49+,50-,51+,52+,53+,54+,55?,56+,57+,58+/m1/s1. The first-order valence-corrected chi connectivity index (χ1v) is 37.4. The van der Waals surface area contributed by atoms with Crippen LogP contribution in [0.5, 0.6) is 0 Å². The molecule has 0 aromatic heterocycles.